The van der Waals surface area contributed by atoms with E-state index in [0.717, 1.165) is 6.20 Å². The van der Waals surface area contributed by atoms with Crippen LogP contribution in [0.5, 0.6) is 0 Å². The number of halogens is 3. The van der Waals surface area contributed by atoms with Crippen LogP contribution in [0, 0.1) is 0 Å². The van der Waals surface area contributed by atoms with Gasteiger partial charge in [-0.15, -0.1) is 0 Å². The van der Waals surface area contributed by atoms with Crippen molar-refractivity contribution in [1.29, 1.82) is 0 Å². The Bertz CT molecular complexity index is 598. The third-order valence-corrected chi connectivity index (χ3v) is 3.51. The molecule has 0 aliphatic rings. The number of benzene rings is 1. The molecule has 1 amide bonds. The number of hydrogen-bond acceptors (Lipinski definition) is 4. The van der Waals surface area contributed by atoms with Crippen LogP contribution in [-0.4, -0.2) is 24.0 Å². The lowest BCUT2D eigenvalue weighted by Gasteiger charge is -2.05. The van der Waals surface area contributed by atoms with Crippen LogP contribution in [0.3, 0.4) is 0 Å². The molecule has 0 aliphatic heterocycles. The van der Waals surface area contributed by atoms with Crippen molar-refractivity contribution < 1.29 is 18.0 Å². The molecular weight excluding hydrogens is 303 g/mol. The van der Waals surface area contributed by atoms with E-state index in [-0.39, 0.29) is 17.6 Å². The van der Waals surface area contributed by atoms with Gasteiger partial charge in [-0.1, -0.05) is 29.5 Å². The molecular formula is C13H12F3N3OS. The van der Waals surface area contributed by atoms with Crippen LogP contribution in [0.1, 0.15) is 15.2 Å². The lowest BCUT2D eigenvalue weighted by atomic mass is 10.2. The first-order valence-corrected chi connectivity index (χ1v) is 6.88. The molecule has 2 aromatic rings. The number of rotatable bonds is 5. The molecule has 0 radical (unpaired) electrons. The van der Waals surface area contributed by atoms with E-state index in [2.05, 4.69) is 15.6 Å². The number of aromatic nitrogens is 1. The zero-order valence-corrected chi connectivity index (χ0v) is 11.6. The van der Waals surface area contributed by atoms with Crippen molar-refractivity contribution in [3.63, 3.8) is 0 Å². The maximum atomic E-state index is 12.4. The van der Waals surface area contributed by atoms with Gasteiger partial charge in [-0.3, -0.25) is 4.79 Å². The average Bonchev–Trinajstić information content (AvgIpc) is 2.93. The second-order valence-electron chi connectivity index (χ2n) is 4.08. The normalized spacial score (nSPS) is 11.2. The Hall–Kier alpha value is -2.09. The molecule has 1 heterocycles. The molecule has 0 bridgehead atoms. The third kappa shape index (κ3) is 4.45. The molecule has 0 aliphatic carbocycles. The molecule has 2 rings (SSSR count). The Labute approximate surface area is 123 Å². The van der Waals surface area contributed by atoms with Crippen LogP contribution in [0.2, 0.25) is 0 Å². The predicted molar refractivity (Wildman–Crippen MR) is 74.4 cm³/mol. The maximum Gasteiger partial charge on any atom is 0.427 e. The van der Waals surface area contributed by atoms with Crippen molar-refractivity contribution in [3.8, 4) is 0 Å². The van der Waals surface area contributed by atoms with Gasteiger partial charge in [0.15, 0.2) is 5.13 Å². The van der Waals surface area contributed by atoms with Crippen molar-refractivity contribution in [2.75, 3.05) is 18.4 Å². The van der Waals surface area contributed by atoms with Crippen molar-refractivity contribution in [1.82, 2.24) is 10.3 Å². The highest BCUT2D eigenvalue weighted by Crippen LogP contribution is 2.34. The quantitative estimate of drug-likeness (QED) is 0.834. The van der Waals surface area contributed by atoms with Gasteiger partial charge >= 0.3 is 6.18 Å². The van der Waals surface area contributed by atoms with E-state index in [9.17, 15) is 18.0 Å². The summed E-state index contributed by atoms with van der Waals surface area (Å²) in [4.78, 5) is 14.6. The van der Waals surface area contributed by atoms with Gasteiger partial charge in [0.2, 0.25) is 0 Å². The number of hydrogen-bond donors (Lipinski definition) is 2. The molecule has 1 aromatic carbocycles. The lowest BCUT2D eigenvalue weighted by Crippen LogP contribution is -2.28. The number of thiazole rings is 1. The van der Waals surface area contributed by atoms with Crippen LogP contribution in [0.25, 0.3) is 0 Å². The van der Waals surface area contributed by atoms with Gasteiger partial charge in [-0.05, 0) is 12.1 Å². The zero-order valence-electron chi connectivity index (χ0n) is 10.8. The van der Waals surface area contributed by atoms with Gasteiger partial charge < -0.3 is 10.6 Å². The van der Waals surface area contributed by atoms with Crippen LogP contribution in [-0.2, 0) is 6.18 Å². The van der Waals surface area contributed by atoms with Crippen molar-refractivity contribution >= 4 is 22.4 Å². The van der Waals surface area contributed by atoms with Gasteiger partial charge in [0, 0.05) is 18.7 Å². The number of nitrogens with zero attached hydrogens (tertiary/aromatic N) is 1. The summed E-state index contributed by atoms with van der Waals surface area (Å²) in [5.74, 6) is -0.229. The molecule has 0 unspecified atom stereocenters. The fraction of sp³-hybridized carbons (Fsp3) is 0.231. The number of carbonyl (C=O) groups is 1. The summed E-state index contributed by atoms with van der Waals surface area (Å²) in [5, 5.41) is 5.57. The van der Waals surface area contributed by atoms with Gasteiger partial charge in [0.05, 0.1) is 6.20 Å². The van der Waals surface area contributed by atoms with E-state index in [1.165, 1.54) is 0 Å². The second kappa shape index (κ2) is 6.57. The third-order valence-electron chi connectivity index (χ3n) is 2.51. The summed E-state index contributed by atoms with van der Waals surface area (Å²) >= 11 is 0.535. The Kier molecular flexibility index (Phi) is 4.79. The van der Waals surface area contributed by atoms with Crippen molar-refractivity contribution in [3.05, 3.63) is 47.0 Å². The number of anilines is 1. The summed E-state index contributed by atoms with van der Waals surface area (Å²) in [7, 11) is 0. The molecule has 0 atom stereocenters. The smallest absolute Gasteiger partial charge is 0.360 e. The lowest BCUT2D eigenvalue weighted by molar-refractivity contribution is -0.134. The molecule has 2 N–H and O–H groups in total. The summed E-state index contributed by atoms with van der Waals surface area (Å²) in [6, 6.07) is 8.67. The average molecular weight is 315 g/mol. The minimum Gasteiger partial charge on any atom is -0.360 e. The van der Waals surface area contributed by atoms with Gasteiger partial charge in [0.1, 0.15) is 4.88 Å². The Morgan fingerprint density at radius 1 is 1.19 bits per heavy atom. The van der Waals surface area contributed by atoms with Crippen molar-refractivity contribution in [2.24, 2.45) is 0 Å². The van der Waals surface area contributed by atoms with Crippen LogP contribution >= 0.6 is 11.3 Å². The Morgan fingerprint density at radius 2 is 1.90 bits per heavy atom. The summed E-state index contributed by atoms with van der Waals surface area (Å²) in [6.45, 7) is 0.581. The van der Waals surface area contributed by atoms with Crippen LogP contribution < -0.4 is 10.6 Å². The zero-order chi connectivity index (χ0) is 15.3. The molecule has 8 heteroatoms. The van der Waals surface area contributed by atoms with E-state index < -0.39 is 11.1 Å². The highest BCUT2D eigenvalue weighted by atomic mass is 32.1. The summed E-state index contributed by atoms with van der Waals surface area (Å²) in [5.41, 5.74) is 0.533. The minimum atomic E-state index is -4.38. The monoisotopic (exact) mass is 315 g/mol. The molecule has 112 valence electrons. The second-order valence-corrected chi connectivity index (χ2v) is 5.11. The highest BCUT2D eigenvalue weighted by Gasteiger charge is 2.33. The van der Waals surface area contributed by atoms with E-state index in [1.807, 2.05) is 0 Å². The highest BCUT2D eigenvalue weighted by molar-refractivity contribution is 7.15. The number of alkyl halides is 3. The molecule has 21 heavy (non-hydrogen) atoms. The van der Waals surface area contributed by atoms with Gasteiger partial charge in [0.25, 0.3) is 5.91 Å². The minimum absolute atomic E-state index is 0.177. The van der Waals surface area contributed by atoms with Crippen molar-refractivity contribution in [2.45, 2.75) is 6.18 Å². The number of nitrogens with one attached hydrogen (secondary N) is 2. The molecule has 1 aromatic heterocycles. The van der Waals surface area contributed by atoms with E-state index in [4.69, 9.17) is 0 Å². The molecule has 0 saturated heterocycles. The van der Waals surface area contributed by atoms with E-state index in [0.29, 0.717) is 23.4 Å². The molecule has 0 spiro atoms. The maximum absolute atomic E-state index is 12.4. The Morgan fingerprint density at radius 3 is 2.52 bits per heavy atom. The first-order chi connectivity index (χ1) is 9.97. The van der Waals surface area contributed by atoms with Gasteiger partial charge in [-0.2, -0.15) is 13.2 Å². The van der Waals surface area contributed by atoms with E-state index in [1.54, 1.807) is 30.3 Å². The van der Waals surface area contributed by atoms with E-state index >= 15 is 0 Å². The fourth-order valence-corrected chi connectivity index (χ4v) is 2.23. The largest absolute Gasteiger partial charge is 0.427 e. The summed E-state index contributed by atoms with van der Waals surface area (Å²) in [6.07, 6.45) is -3.59. The number of amides is 1. The fourth-order valence-electron chi connectivity index (χ4n) is 1.52. The topological polar surface area (TPSA) is 54.0 Å². The molecule has 0 saturated carbocycles. The first-order valence-electron chi connectivity index (χ1n) is 6.07. The molecule has 4 nitrogen and oxygen atoms in total. The molecule has 0 fully saturated rings. The Balaban J connectivity index is 1.75. The summed E-state index contributed by atoms with van der Waals surface area (Å²) < 4.78 is 37.1. The van der Waals surface area contributed by atoms with Gasteiger partial charge in [-0.25, -0.2) is 4.98 Å². The predicted octanol–water partition coefficient (Wildman–Crippen LogP) is 3.00. The SMILES string of the molecule is O=C(NCCNc1ncc(C(F)(F)F)s1)c1ccccc1. The van der Waals surface area contributed by atoms with Crippen LogP contribution in [0.15, 0.2) is 36.5 Å². The number of carbonyl (C=O) groups excluding carboxylic acids is 1. The standard InChI is InChI=1S/C13H12F3N3OS/c14-13(15,16)10-8-19-12(21-10)18-7-6-17-11(20)9-4-2-1-3-5-9/h1-5,8H,6-7H2,(H,17,20)(H,18,19). The van der Waals surface area contributed by atoms with Crippen LogP contribution in [0.4, 0.5) is 18.3 Å². The first kappa shape index (κ1) is 15.3.